The number of phenolic OH excluding ortho intramolecular Hbond substituents is 1. The number of nitrogens with one attached hydrogen (secondary N) is 1. The summed E-state index contributed by atoms with van der Waals surface area (Å²) in [6.07, 6.45) is 4.22. The molecular formula is C22H29Br2K2NO5. The minimum atomic E-state index is -0.181. The third-order valence-corrected chi connectivity index (χ3v) is 5.15. The van der Waals surface area contributed by atoms with Crippen LogP contribution in [0.3, 0.4) is 0 Å². The van der Waals surface area contributed by atoms with Crippen LogP contribution < -0.4 is 113 Å². The molecule has 0 amide bonds. The number of halogens is 2. The number of carbonyl (C=O) groups excluding carboxylic acids is 2. The van der Waals surface area contributed by atoms with E-state index in [1.165, 1.54) is 62.5 Å². The number of alkyl halides is 2. The van der Waals surface area contributed by atoms with Gasteiger partial charge in [0, 0.05) is 16.2 Å². The molecule has 1 heterocycles. The molecule has 1 aliphatic heterocycles. The van der Waals surface area contributed by atoms with Crippen molar-refractivity contribution < 1.29 is 129 Å². The van der Waals surface area contributed by atoms with Crippen molar-refractivity contribution in [2.45, 2.75) is 36.8 Å². The van der Waals surface area contributed by atoms with Gasteiger partial charge in [-0.1, -0.05) is 62.5 Å². The van der Waals surface area contributed by atoms with Crippen molar-refractivity contribution in [2.24, 2.45) is 0 Å². The van der Waals surface area contributed by atoms with Gasteiger partial charge in [0.25, 0.3) is 6.47 Å². The molecule has 1 saturated heterocycles. The van der Waals surface area contributed by atoms with Gasteiger partial charge in [0.1, 0.15) is 5.75 Å². The number of Topliss-reactive ketones (excluding diaryl/α,β-unsaturated/α-hetero) is 1. The average Bonchev–Trinajstić information content (AvgIpc) is 2.81. The Bertz CT molecular complexity index is 672. The second kappa shape index (κ2) is 27.1. The number of hydrogen-bond acceptors (Lipinski definition) is 6. The number of phenols is 1. The van der Waals surface area contributed by atoms with Crippen LogP contribution in [0.15, 0.2) is 48.5 Å². The Labute approximate surface area is 294 Å². The molecule has 1 fully saturated rings. The quantitative estimate of drug-likeness (QED) is 0.106. The number of carbonyl (C=O) groups is 2. The first-order valence-electron chi connectivity index (χ1n) is 9.41. The summed E-state index contributed by atoms with van der Waals surface area (Å²) in [6.45, 7) is 3.81. The molecule has 32 heavy (non-hydrogen) atoms. The molecular weight excluding hydrogens is 596 g/mol. The molecule has 0 aromatic heterocycles. The van der Waals surface area contributed by atoms with Crippen molar-refractivity contribution in [2.75, 3.05) is 13.1 Å². The maximum Gasteiger partial charge on any atom is 1.00 e. The molecule has 0 unspecified atom stereocenters. The molecule has 3 rings (SSSR count). The molecule has 0 aliphatic carbocycles. The van der Waals surface area contributed by atoms with Crippen LogP contribution >= 0.6 is 31.9 Å². The van der Waals surface area contributed by atoms with Gasteiger partial charge in [0.2, 0.25) is 0 Å². The van der Waals surface area contributed by atoms with E-state index in [4.69, 9.17) is 15.2 Å². The molecule has 0 radical (unpaired) electrons. The minimum absolute atomic E-state index is 0. The van der Waals surface area contributed by atoms with E-state index in [-0.39, 0.29) is 122 Å². The van der Waals surface area contributed by atoms with E-state index in [9.17, 15) is 4.79 Å². The summed E-state index contributed by atoms with van der Waals surface area (Å²) in [5.74, 6) is 0.199. The van der Waals surface area contributed by atoms with Crippen molar-refractivity contribution in [3.8, 4) is 5.75 Å². The van der Waals surface area contributed by atoms with Crippen LogP contribution in [-0.2, 0) is 20.3 Å². The van der Waals surface area contributed by atoms with Gasteiger partial charge >= 0.3 is 103 Å². The minimum Gasteiger partial charge on any atom is -1.00 e. The van der Waals surface area contributed by atoms with E-state index in [1.54, 1.807) is 12.1 Å². The van der Waals surface area contributed by atoms with E-state index >= 15 is 0 Å². The van der Waals surface area contributed by atoms with Crippen molar-refractivity contribution >= 4 is 44.1 Å². The van der Waals surface area contributed by atoms with Crippen LogP contribution in [0.1, 0.15) is 49.1 Å². The van der Waals surface area contributed by atoms with Gasteiger partial charge < -0.3 is 22.0 Å². The Kier molecular flexibility index (Phi) is 32.3. The van der Waals surface area contributed by atoms with Gasteiger partial charge in [-0.15, -0.1) is 0 Å². The third kappa shape index (κ3) is 22.0. The number of rotatable bonds is 4. The number of ketones is 1. The molecule has 6 nitrogen and oxygen atoms in total. The molecule has 168 valence electrons. The molecule has 0 spiro atoms. The van der Waals surface area contributed by atoms with Crippen LogP contribution in [0.2, 0.25) is 0 Å². The molecule has 1 aliphatic rings. The fraction of sp³-hybridized carbons (Fsp3) is 0.364. The molecule has 2 N–H and O–H groups in total. The third-order valence-electron chi connectivity index (χ3n) is 3.85. The zero-order valence-electron chi connectivity index (χ0n) is 20.0. The number of hydrogen-bond donors (Lipinski definition) is 2. The molecule has 0 saturated carbocycles. The van der Waals surface area contributed by atoms with E-state index in [0.717, 1.165) is 10.7 Å². The summed E-state index contributed by atoms with van der Waals surface area (Å²) in [5, 5.41) is 22.4. The van der Waals surface area contributed by atoms with Crippen molar-refractivity contribution in [1.82, 2.24) is 5.32 Å². The first kappa shape index (κ1) is 38.1. The van der Waals surface area contributed by atoms with Crippen LogP contribution in [-0.4, -0.2) is 30.5 Å². The number of aromatic hydroxyl groups is 1. The first-order chi connectivity index (χ1) is 14.5. The van der Waals surface area contributed by atoms with Crippen molar-refractivity contribution in [3.63, 3.8) is 0 Å². The normalized spacial score (nSPS) is 11.1. The Morgan fingerprint density at radius 3 is 1.62 bits per heavy atom. The largest absolute Gasteiger partial charge is 1.00 e. The van der Waals surface area contributed by atoms with Gasteiger partial charge in [-0.2, -0.15) is 0 Å². The smallest absolute Gasteiger partial charge is 1.00 e. The monoisotopic (exact) mass is 623 g/mol. The zero-order chi connectivity index (χ0) is 22.6. The summed E-state index contributed by atoms with van der Waals surface area (Å²) in [4.78, 5) is 21.9. The van der Waals surface area contributed by atoms with Crippen LogP contribution in [0.4, 0.5) is 0 Å². The van der Waals surface area contributed by atoms with Gasteiger partial charge in [-0.3, -0.25) is 9.59 Å². The van der Waals surface area contributed by atoms with Gasteiger partial charge in [-0.05, 0) is 68.2 Å². The first-order valence-corrected chi connectivity index (χ1v) is 11.7. The maximum atomic E-state index is 10.7. The van der Waals surface area contributed by atoms with Gasteiger partial charge in [0.05, 0.1) is 0 Å². The molecule has 0 atom stereocenters. The molecule has 2 aromatic rings. The maximum absolute atomic E-state index is 10.7. The van der Waals surface area contributed by atoms with Crippen LogP contribution in [0.25, 0.3) is 0 Å². The summed E-state index contributed by atoms with van der Waals surface area (Å²) in [7, 11) is 0. The van der Waals surface area contributed by atoms with E-state index in [2.05, 4.69) is 66.3 Å². The van der Waals surface area contributed by atoms with Gasteiger partial charge in [0.15, 0.2) is 5.78 Å². The summed E-state index contributed by atoms with van der Waals surface area (Å²) < 4.78 is 0. The Morgan fingerprint density at radius 2 is 1.41 bits per heavy atom. The fourth-order valence-corrected chi connectivity index (χ4v) is 2.96. The molecule has 10 heteroatoms. The molecule has 0 bridgehead atoms. The van der Waals surface area contributed by atoms with Gasteiger partial charge in [-0.25, -0.2) is 0 Å². The second-order valence-corrected chi connectivity index (χ2v) is 7.31. The van der Waals surface area contributed by atoms with E-state index in [0.29, 0.717) is 5.56 Å². The summed E-state index contributed by atoms with van der Waals surface area (Å²) in [5.41, 5.74) is 3.27. The topological polar surface area (TPSA) is 98.7 Å². The van der Waals surface area contributed by atoms with Crippen LogP contribution in [0, 0.1) is 0 Å². The SMILES string of the molecule is BrCc1ccc(CBr)cc1.C1CCNCC1.CC(=O)c1ccc(O)cc1.O=CO[O-].[H-].[K+].[K+]. The predicted octanol–water partition coefficient (Wildman–Crippen LogP) is -1.61. The number of benzene rings is 2. The second-order valence-electron chi connectivity index (χ2n) is 6.19. The standard InChI is InChI=1S/C8H8Br2.C8H8O2.C5H11N.CH2O3.2K.H/c9-5-7-1-2-8(6-10)4-3-7;1-6(9)7-2-4-8(10)5-3-7;1-2-4-6-5-3-1;2-1-4-3;;;/h1-4H,5-6H2;2-5,10H,1H3;6H,1-5H2;1,3H;;;/q;;;;2*+1;-1/p-1. The Balaban J connectivity index is -0.000000173. The Hall–Kier alpha value is 1.53. The fourth-order valence-electron chi connectivity index (χ4n) is 2.22. The Morgan fingerprint density at radius 1 is 1.00 bits per heavy atom. The average molecular weight is 625 g/mol. The summed E-state index contributed by atoms with van der Waals surface area (Å²) >= 11 is 6.78. The zero-order valence-corrected chi connectivity index (χ0v) is 28.4. The van der Waals surface area contributed by atoms with E-state index < -0.39 is 0 Å². The predicted molar refractivity (Wildman–Crippen MR) is 125 cm³/mol. The molecule has 2 aromatic carbocycles. The number of piperidine rings is 1. The van der Waals surface area contributed by atoms with E-state index in [1.807, 2.05) is 0 Å². The van der Waals surface area contributed by atoms with Crippen LogP contribution in [0.5, 0.6) is 5.75 Å². The van der Waals surface area contributed by atoms with Crippen molar-refractivity contribution in [1.29, 1.82) is 0 Å². The van der Waals surface area contributed by atoms with Crippen molar-refractivity contribution in [3.05, 3.63) is 65.2 Å². The summed E-state index contributed by atoms with van der Waals surface area (Å²) in [6, 6.07) is 14.7.